The lowest BCUT2D eigenvalue weighted by Gasteiger charge is -2.35. The van der Waals surface area contributed by atoms with Gasteiger partial charge in [-0.15, -0.1) is 11.6 Å². The van der Waals surface area contributed by atoms with Crippen molar-refractivity contribution in [3.63, 3.8) is 0 Å². The minimum absolute atomic E-state index is 0. The molecule has 3 rings (SSSR count). The average molecular weight is 464 g/mol. The molecule has 1 N–H and O–H groups in total. The molecule has 2 aromatic carbocycles. The van der Waals surface area contributed by atoms with Gasteiger partial charge in [-0.05, 0) is 56.5 Å². The maximum atomic E-state index is 11.3. The number of halogens is 1. The van der Waals surface area contributed by atoms with Gasteiger partial charge in [0, 0.05) is 18.1 Å². The van der Waals surface area contributed by atoms with Crippen LogP contribution in [0, 0.1) is 0 Å². The fourth-order valence-electron chi connectivity index (χ4n) is 3.70. The standard InChI is InChI=1S/C19H21NO2.C4H7ClO2.C2H6.CH4/c1-13-16-10-9-15(18(21)22)11-17(16)19(2,3)20(13)12-14-7-5-4-6-8-14;1-2-7-4(6)3-5;1-2;/h4-11,13H,12H2,1-3H3,(H,21,22);2-3H2,1H3;1-2H3;1H4. The number of benzene rings is 2. The van der Waals surface area contributed by atoms with E-state index in [1.54, 1.807) is 13.0 Å². The lowest BCUT2D eigenvalue weighted by atomic mass is 9.91. The van der Waals surface area contributed by atoms with Crippen molar-refractivity contribution in [1.82, 2.24) is 4.90 Å². The van der Waals surface area contributed by atoms with E-state index in [9.17, 15) is 14.7 Å². The molecule has 0 aromatic heterocycles. The van der Waals surface area contributed by atoms with Gasteiger partial charge in [-0.25, -0.2) is 4.79 Å². The van der Waals surface area contributed by atoms with Crippen LogP contribution in [0.4, 0.5) is 0 Å². The number of hydrogen-bond donors (Lipinski definition) is 1. The van der Waals surface area contributed by atoms with E-state index in [0.717, 1.165) is 12.1 Å². The van der Waals surface area contributed by atoms with Gasteiger partial charge in [0.1, 0.15) is 5.88 Å². The Morgan fingerprint density at radius 2 is 1.72 bits per heavy atom. The molecule has 0 radical (unpaired) electrons. The van der Waals surface area contributed by atoms with E-state index in [2.05, 4.69) is 54.7 Å². The summed E-state index contributed by atoms with van der Waals surface area (Å²) in [6.07, 6.45) is 0. The molecular weight excluding hydrogens is 426 g/mol. The van der Waals surface area contributed by atoms with Crippen LogP contribution in [0.15, 0.2) is 48.5 Å². The van der Waals surface area contributed by atoms with Crippen molar-refractivity contribution in [3.05, 3.63) is 70.8 Å². The fourth-order valence-corrected chi connectivity index (χ4v) is 3.78. The van der Waals surface area contributed by atoms with Crippen molar-refractivity contribution in [1.29, 1.82) is 0 Å². The van der Waals surface area contributed by atoms with Crippen molar-refractivity contribution in [2.45, 2.75) is 67.1 Å². The Hall–Kier alpha value is -2.37. The quantitative estimate of drug-likeness (QED) is 0.397. The third kappa shape index (κ3) is 7.35. The van der Waals surface area contributed by atoms with Gasteiger partial charge in [0.15, 0.2) is 0 Å². The monoisotopic (exact) mass is 463 g/mol. The molecule has 1 aliphatic heterocycles. The highest BCUT2D eigenvalue weighted by Gasteiger charge is 2.42. The van der Waals surface area contributed by atoms with Gasteiger partial charge in [-0.1, -0.05) is 57.7 Å². The average Bonchev–Trinajstić information content (AvgIpc) is 2.96. The molecule has 0 saturated carbocycles. The van der Waals surface area contributed by atoms with Gasteiger partial charge in [-0.3, -0.25) is 9.69 Å². The summed E-state index contributed by atoms with van der Waals surface area (Å²) in [5, 5.41) is 9.24. The summed E-state index contributed by atoms with van der Waals surface area (Å²) < 4.78 is 4.42. The number of esters is 1. The first-order valence-electron chi connectivity index (χ1n) is 10.6. The molecule has 32 heavy (non-hydrogen) atoms. The lowest BCUT2D eigenvalue weighted by Crippen LogP contribution is -2.36. The summed E-state index contributed by atoms with van der Waals surface area (Å²) >= 11 is 5.06. The molecule has 0 spiro atoms. The Bertz CT molecular complexity index is 852. The van der Waals surface area contributed by atoms with E-state index in [4.69, 9.17) is 11.6 Å². The Balaban J connectivity index is 0.000000829. The van der Waals surface area contributed by atoms with Gasteiger partial charge >= 0.3 is 11.9 Å². The molecule has 0 fully saturated rings. The summed E-state index contributed by atoms with van der Waals surface area (Å²) in [7, 11) is 0. The second-order valence-corrected chi connectivity index (χ2v) is 7.66. The zero-order valence-corrected chi connectivity index (χ0v) is 20.1. The smallest absolute Gasteiger partial charge is 0.335 e. The van der Waals surface area contributed by atoms with Crippen LogP contribution in [0.25, 0.3) is 0 Å². The minimum Gasteiger partial charge on any atom is -0.478 e. The molecule has 1 unspecified atom stereocenters. The van der Waals surface area contributed by atoms with E-state index >= 15 is 0 Å². The van der Waals surface area contributed by atoms with Crippen LogP contribution in [0.1, 0.15) is 82.1 Å². The highest BCUT2D eigenvalue weighted by molar-refractivity contribution is 6.26. The number of carboxylic acid groups (broad SMARTS) is 1. The Morgan fingerprint density at radius 3 is 2.19 bits per heavy atom. The zero-order valence-electron chi connectivity index (χ0n) is 19.3. The first kappa shape index (κ1) is 29.6. The third-order valence-corrected chi connectivity index (χ3v) is 5.42. The summed E-state index contributed by atoms with van der Waals surface area (Å²) in [5.74, 6) is -1.27. The van der Waals surface area contributed by atoms with E-state index in [0.29, 0.717) is 12.2 Å². The number of carboxylic acids is 1. The number of aromatic carboxylic acids is 1. The van der Waals surface area contributed by atoms with Crippen molar-refractivity contribution >= 4 is 23.5 Å². The molecule has 6 heteroatoms. The van der Waals surface area contributed by atoms with E-state index in [-0.39, 0.29) is 30.9 Å². The number of nitrogens with zero attached hydrogens (tertiary/aromatic N) is 1. The van der Waals surface area contributed by atoms with Crippen molar-refractivity contribution in [2.24, 2.45) is 0 Å². The number of fused-ring (bicyclic) bond motifs is 1. The maximum absolute atomic E-state index is 11.3. The highest BCUT2D eigenvalue weighted by atomic mass is 35.5. The number of ether oxygens (including phenoxy) is 1. The molecule has 0 saturated heterocycles. The normalized spacial score (nSPS) is 15.7. The maximum Gasteiger partial charge on any atom is 0.335 e. The molecule has 178 valence electrons. The summed E-state index contributed by atoms with van der Waals surface area (Å²) in [4.78, 5) is 23.7. The van der Waals surface area contributed by atoms with Crippen LogP contribution in [-0.2, 0) is 21.6 Å². The topological polar surface area (TPSA) is 66.8 Å². The van der Waals surface area contributed by atoms with Crippen molar-refractivity contribution in [2.75, 3.05) is 12.5 Å². The van der Waals surface area contributed by atoms with E-state index in [1.165, 1.54) is 11.1 Å². The van der Waals surface area contributed by atoms with Gasteiger partial charge in [0.05, 0.1) is 12.2 Å². The molecular formula is C26H38ClNO4. The van der Waals surface area contributed by atoms with Crippen LogP contribution >= 0.6 is 11.6 Å². The summed E-state index contributed by atoms with van der Waals surface area (Å²) in [6.45, 7) is 13.5. The van der Waals surface area contributed by atoms with Crippen LogP contribution < -0.4 is 0 Å². The van der Waals surface area contributed by atoms with Gasteiger partial charge < -0.3 is 9.84 Å². The van der Waals surface area contributed by atoms with Crippen LogP contribution in [-0.4, -0.2) is 34.4 Å². The Labute approximate surface area is 198 Å². The zero-order chi connectivity index (χ0) is 23.6. The highest BCUT2D eigenvalue weighted by Crippen LogP contribution is 2.46. The van der Waals surface area contributed by atoms with E-state index < -0.39 is 5.97 Å². The Kier molecular flexibility index (Phi) is 12.9. The number of carbonyl (C=O) groups excluding carboxylic acids is 1. The van der Waals surface area contributed by atoms with Crippen LogP contribution in [0.3, 0.4) is 0 Å². The number of carbonyl (C=O) groups is 2. The number of rotatable bonds is 5. The van der Waals surface area contributed by atoms with E-state index in [1.807, 2.05) is 32.0 Å². The molecule has 2 aromatic rings. The fraction of sp³-hybridized carbons (Fsp3) is 0.462. The SMILES string of the molecule is C.CC.CC1c2ccc(C(=O)O)cc2C(C)(C)N1Cc1ccccc1.CCOC(=O)CCl. The van der Waals surface area contributed by atoms with Crippen LogP contribution in [0.2, 0.25) is 0 Å². The third-order valence-electron chi connectivity index (χ3n) is 5.21. The molecule has 1 aliphatic rings. The second kappa shape index (κ2) is 13.9. The van der Waals surface area contributed by atoms with Crippen LogP contribution in [0.5, 0.6) is 0 Å². The second-order valence-electron chi connectivity index (χ2n) is 7.39. The van der Waals surface area contributed by atoms with Gasteiger partial charge in [0.25, 0.3) is 0 Å². The Morgan fingerprint density at radius 1 is 1.12 bits per heavy atom. The van der Waals surface area contributed by atoms with Crippen molar-refractivity contribution in [3.8, 4) is 0 Å². The molecule has 0 bridgehead atoms. The molecule has 0 aliphatic carbocycles. The van der Waals surface area contributed by atoms with Crippen molar-refractivity contribution < 1.29 is 19.4 Å². The lowest BCUT2D eigenvalue weighted by molar-refractivity contribution is -0.140. The first-order valence-corrected chi connectivity index (χ1v) is 11.2. The number of alkyl halides is 1. The van der Waals surface area contributed by atoms with Gasteiger partial charge in [-0.2, -0.15) is 0 Å². The predicted octanol–water partition coefficient (Wildman–Crippen LogP) is 6.65. The summed E-state index contributed by atoms with van der Waals surface area (Å²) in [6, 6.07) is 16.2. The largest absolute Gasteiger partial charge is 0.478 e. The molecule has 1 heterocycles. The predicted molar refractivity (Wildman–Crippen MR) is 132 cm³/mol. The summed E-state index contributed by atoms with van der Waals surface area (Å²) in [5.41, 5.74) is 3.80. The minimum atomic E-state index is -0.868. The van der Waals surface area contributed by atoms with Gasteiger partial charge in [0.2, 0.25) is 0 Å². The number of hydrogen-bond acceptors (Lipinski definition) is 4. The molecule has 0 amide bonds. The molecule has 1 atom stereocenters. The first-order chi connectivity index (χ1) is 14.7. The molecule has 5 nitrogen and oxygen atoms in total.